The van der Waals surface area contributed by atoms with Gasteiger partial charge in [0.2, 0.25) is 0 Å². The zero-order valence-corrected chi connectivity index (χ0v) is 11.8. The smallest absolute Gasteiger partial charge is 0.308 e. The quantitative estimate of drug-likeness (QED) is 0.834. The van der Waals surface area contributed by atoms with Crippen molar-refractivity contribution in [3.05, 3.63) is 21.4 Å². The number of thiophene rings is 1. The van der Waals surface area contributed by atoms with Gasteiger partial charge >= 0.3 is 5.97 Å². The Morgan fingerprint density at radius 1 is 1.44 bits per heavy atom. The van der Waals surface area contributed by atoms with Crippen LogP contribution in [0.4, 0.5) is 0 Å². The van der Waals surface area contributed by atoms with Crippen LogP contribution in [-0.2, 0) is 4.79 Å². The van der Waals surface area contributed by atoms with E-state index in [2.05, 4.69) is 5.32 Å². The molecule has 1 atom stereocenters. The SMILES string of the molecule is CCCC(CNC(=O)c1cc(C)sc1C)C(=O)O. The fourth-order valence-electron chi connectivity index (χ4n) is 1.83. The molecule has 0 aliphatic heterocycles. The summed E-state index contributed by atoms with van der Waals surface area (Å²) in [7, 11) is 0. The highest BCUT2D eigenvalue weighted by atomic mass is 32.1. The molecule has 1 amide bonds. The third-order valence-corrected chi connectivity index (χ3v) is 3.75. The van der Waals surface area contributed by atoms with Crippen LogP contribution in [0.15, 0.2) is 6.07 Å². The predicted octanol–water partition coefficient (Wildman–Crippen LogP) is 2.60. The largest absolute Gasteiger partial charge is 0.481 e. The van der Waals surface area contributed by atoms with E-state index < -0.39 is 11.9 Å². The molecule has 0 saturated carbocycles. The highest BCUT2D eigenvalue weighted by Gasteiger charge is 2.18. The first-order valence-corrected chi connectivity index (χ1v) is 6.85. The van der Waals surface area contributed by atoms with Crippen LogP contribution in [0.25, 0.3) is 0 Å². The van der Waals surface area contributed by atoms with Crippen molar-refractivity contribution in [1.82, 2.24) is 5.32 Å². The molecule has 5 heteroatoms. The van der Waals surface area contributed by atoms with E-state index in [1.807, 2.05) is 26.8 Å². The Morgan fingerprint density at radius 2 is 2.11 bits per heavy atom. The van der Waals surface area contributed by atoms with Gasteiger partial charge in [0.1, 0.15) is 0 Å². The Balaban J connectivity index is 2.60. The molecular formula is C13H19NO3S. The van der Waals surface area contributed by atoms with E-state index in [0.717, 1.165) is 16.2 Å². The molecular weight excluding hydrogens is 250 g/mol. The van der Waals surface area contributed by atoms with Gasteiger partial charge < -0.3 is 10.4 Å². The topological polar surface area (TPSA) is 66.4 Å². The molecule has 0 radical (unpaired) electrons. The number of carbonyl (C=O) groups excluding carboxylic acids is 1. The lowest BCUT2D eigenvalue weighted by atomic mass is 10.0. The van der Waals surface area contributed by atoms with Crippen LogP contribution < -0.4 is 5.32 Å². The maximum absolute atomic E-state index is 11.9. The molecule has 2 N–H and O–H groups in total. The minimum absolute atomic E-state index is 0.181. The number of hydrogen-bond acceptors (Lipinski definition) is 3. The lowest BCUT2D eigenvalue weighted by Crippen LogP contribution is -2.33. The van der Waals surface area contributed by atoms with Gasteiger partial charge in [-0.2, -0.15) is 0 Å². The molecule has 1 aromatic heterocycles. The monoisotopic (exact) mass is 269 g/mol. The van der Waals surface area contributed by atoms with E-state index >= 15 is 0 Å². The minimum Gasteiger partial charge on any atom is -0.481 e. The van der Waals surface area contributed by atoms with Gasteiger partial charge in [0.05, 0.1) is 11.5 Å². The second kappa shape index (κ2) is 6.54. The van der Waals surface area contributed by atoms with E-state index in [4.69, 9.17) is 5.11 Å². The first-order valence-electron chi connectivity index (χ1n) is 6.03. The first-order chi connectivity index (χ1) is 8.45. The average Bonchev–Trinajstić information content (AvgIpc) is 2.63. The van der Waals surface area contributed by atoms with Crippen molar-refractivity contribution in [1.29, 1.82) is 0 Å². The molecule has 1 unspecified atom stereocenters. The molecule has 0 fully saturated rings. The number of aliphatic carboxylic acids is 1. The summed E-state index contributed by atoms with van der Waals surface area (Å²) in [6.07, 6.45) is 1.38. The Bertz CT molecular complexity index is 439. The average molecular weight is 269 g/mol. The van der Waals surface area contributed by atoms with Crippen LogP contribution in [0.1, 0.15) is 39.9 Å². The number of carbonyl (C=O) groups is 2. The first kappa shape index (κ1) is 14.7. The van der Waals surface area contributed by atoms with E-state index in [-0.39, 0.29) is 12.5 Å². The Labute approximate surface area is 111 Å². The molecule has 0 spiro atoms. The molecule has 18 heavy (non-hydrogen) atoms. The second-order valence-electron chi connectivity index (χ2n) is 4.36. The summed E-state index contributed by atoms with van der Waals surface area (Å²) in [5.41, 5.74) is 0.651. The summed E-state index contributed by atoms with van der Waals surface area (Å²) >= 11 is 1.57. The van der Waals surface area contributed by atoms with Crippen molar-refractivity contribution in [2.75, 3.05) is 6.54 Å². The van der Waals surface area contributed by atoms with Crippen molar-refractivity contribution in [2.24, 2.45) is 5.92 Å². The van der Waals surface area contributed by atoms with Crippen molar-refractivity contribution < 1.29 is 14.7 Å². The van der Waals surface area contributed by atoms with Gasteiger partial charge in [-0.1, -0.05) is 13.3 Å². The van der Waals surface area contributed by atoms with Gasteiger partial charge in [-0.05, 0) is 26.3 Å². The summed E-state index contributed by atoms with van der Waals surface area (Å²) in [5, 5.41) is 11.7. The standard InChI is InChI=1S/C13H19NO3S/c1-4-5-10(13(16)17)7-14-12(15)11-6-8(2)18-9(11)3/h6,10H,4-5,7H2,1-3H3,(H,14,15)(H,16,17). The number of nitrogens with one attached hydrogen (secondary N) is 1. The van der Waals surface area contributed by atoms with Gasteiger partial charge in [0, 0.05) is 16.3 Å². The number of amides is 1. The fourth-order valence-corrected chi connectivity index (χ4v) is 2.75. The van der Waals surface area contributed by atoms with Gasteiger partial charge in [0.25, 0.3) is 5.91 Å². The molecule has 0 aliphatic rings. The number of hydrogen-bond donors (Lipinski definition) is 2. The maximum Gasteiger partial charge on any atom is 0.308 e. The maximum atomic E-state index is 11.9. The lowest BCUT2D eigenvalue weighted by molar-refractivity contribution is -0.141. The van der Waals surface area contributed by atoms with Gasteiger partial charge in [-0.25, -0.2) is 0 Å². The highest BCUT2D eigenvalue weighted by Crippen LogP contribution is 2.20. The molecule has 0 aromatic carbocycles. The third kappa shape index (κ3) is 3.84. The van der Waals surface area contributed by atoms with Gasteiger partial charge in [0.15, 0.2) is 0 Å². The van der Waals surface area contributed by atoms with Gasteiger partial charge in [-0.3, -0.25) is 9.59 Å². The third-order valence-electron chi connectivity index (χ3n) is 2.78. The van der Waals surface area contributed by atoms with E-state index in [1.54, 1.807) is 11.3 Å². The zero-order chi connectivity index (χ0) is 13.7. The summed E-state index contributed by atoms with van der Waals surface area (Å²) in [6, 6.07) is 1.84. The Hall–Kier alpha value is -1.36. The number of rotatable bonds is 6. The second-order valence-corrected chi connectivity index (χ2v) is 5.82. The molecule has 0 saturated heterocycles. The van der Waals surface area contributed by atoms with Crippen molar-refractivity contribution in [3.63, 3.8) is 0 Å². The van der Waals surface area contributed by atoms with E-state index in [9.17, 15) is 9.59 Å². The zero-order valence-electron chi connectivity index (χ0n) is 10.9. The number of carboxylic acid groups (broad SMARTS) is 1. The molecule has 1 heterocycles. The Morgan fingerprint density at radius 3 is 2.56 bits per heavy atom. The lowest BCUT2D eigenvalue weighted by Gasteiger charge is -2.12. The van der Waals surface area contributed by atoms with E-state index in [0.29, 0.717) is 12.0 Å². The van der Waals surface area contributed by atoms with Crippen LogP contribution in [0.5, 0.6) is 0 Å². The number of carboxylic acids is 1. The van der Waals surface area contributed by atoms with Crippen molar-refractivity contribution in [2.45, 2.75) is 33.6 Å². The van der Waals surface area contributed by atoms with Crippen molar-refractivity contribution >= 4 is 23.2 Å². The predicted molar refractivity (Wildman–Crippen MR) is 72.2 cm³/mol. The number of aryl methyl sites for hydroxylation is 2. The van der Waals surface area contributed by atoms with E-state index in [1.165, 1.54) is 0 Å². The summed E-state index contributed by atoms with van der Waals surface area (Å²) in [4.78, 5) is 24.9. The van der Waals surface area contributed by atoms with Crippen LogP contribution >= 0.6 is 11.3 Å². The molecule has 4 nitrogen and oxygen atoms in total. The summed E-state index contributed by atoms with van der Waals surface area (Å²) in [6.45, 7) is 5.97. The molecule has 0 aliphatic carbocycles. The molecule has 1 rings (SSSR count). The highest BCUT2D eigenvalue weighted by molar-refractivity contribution is 7.12. The molecule has 0 bridgehead atoms. The van der Waals surface area contributed by atoms with Crippen LogP contribution in [0.3, 0.4) is 0 Å². The summed E-state index contributed by atoms with van der Waals surface area (Å²) in [5.74, 6) is -1.53. The fraction of sp³-hybridized carbons (Fsp3) is 0.538. The normalized spacial score (nSPS) is 12.2. The van der Waals surface area contributed by atoms with Gasteiger partial charge in [-0.15, -0.1) is 11.3 Å². The Kier molecular flexibility index (Phi) is 5.34. The summed E-state index contributed by atoms with van der Waals surface area (Å²) < 4.78 is 0. The molecule has 1 aromatic rings. The molecule has 100 valence electrons. The minimum atomic E-state index is -0.852. The van der Waals surface area contributed by atoms with Crippen LogP contribution in [-0.4, -0.2) is 23.5 Å². The van der Waals surface area contributed by atoms with Crippen molar-refractivity contribution in [3.8, 4) is 0 Å². The van der Waals surface area contributed by atoms with Crippen LogP contribution in [0, 0.1) is 19.8 Å². The van der Waals surface area contributed by atoms with Crippen LogP contribution in [0.2, 0.25) is 0 Å².